The van der Waals surface area contributed by atoms with E-state index >= 15 is 0 Å². The number of ether oxygens (including phenoxy) is 1. The Morgan fingerprint density at radius 1 is 1.22 bits per heavy atom. The summed E-state index contributed by atoms with van der Waals surface area (Å²) >= 11 is 0. The van der Waals surface area contributed by atoms with Crippen LogP contribution in [0.3, 0.4) is 0 Å². The Kier molecular flexibility index (Phi) is 6.75. The van der Waals surface area contributed by atoms with Gasteiger partial charge in [0.15, 0.2) is 23.8 Å². The zero-order valence-corrected chi connectivity index (χ0v) is 20.1. The number of nitrogens with two attached hydrogens (primary N) is 1. The lowest BCUT2D eigenvalue weighted by molar-refractivity contribution is -0.137. The van der Waals surface area contributed by atoms with Crippen molar-refractivity contribution in [3.8, 4) is 11.8 Å². The van der Waals surface area contributed by atoms with Crippen LogP contribution in [-0.4, -0.2) is 84.4 Å². The molecule has 5 rings (SSSR count). The number of carbonyl (C=O) groups is 2. The highest BCUT2D eigenvalue weighted by molar-refractivity contribution is 5.94. The molecule has 12 heteroatoms. The van der Waals surface area contributed by atoms with Crippen molar-refractivity contribution in [2.45, 2.75) is 49.8 Å². The number of amides is 2. The average Bonchev–Trinajstić information content (AvgIpc) is 3.43. The van der Waals surface area contributed by atoms with Crippen LogP contribution in [-0.2, 0) is 9.53 Å². The molecule has 1 saturated heterocycles. The van der Waals surface area contributed by atoms with Crippen LogP contribution >= 0.6 is 0 Å². The minimum atomic E-state index is -1.44. The summed E-state index contributed by atoms with van der Waals surface area (Å²) in [7, 11) is 1.41. The molecule has 2 amide bonds. The van der Waals surface area contributed by atoms with Crippen LogP contribution in [0.25, 0.3) is 11.2 Å². The Morgan fingerprint density at radius 3 is 2.65 bits per heavy atom. The van der Waals surface area contributed by atoms with Crippen LogP contribution in [0.15, 0.2) is 36.7 Å². The predicted molar refractivity (Wildman–Crippen MR) is 132 cm³/mol. The molecule has 2 aromatic heterocycles. The SMILES string of the molecule is CNC(=O)C1OC(n2cnc3c(N)nc(C#CCN(C(=O)c4ccccc4)C4CCC4)nc32)[C@H](O)[C@@H]1O. The minimum Gasteiger partial charge on any atom is -0.387 e. The number of imidazole rings is 1. The number of aliphatic hydroxyl groups excluding tert-OH is 2. The summed E-state index contributed by atoms with van der Waals surface area (Å²) in [6, 6.07) is 9.22. The maximum atomic E-state index is 13.1. The van der Waals surface area contributed by atoms with Crippen molar-refractivity contribution in [1.82, 2.24) is 29.7 Å². The first kappa shape index (κ1) is 24.6. The molecule has 5 N–H and O–H groups in total. The molecule has 3 aromatic rings. The van der Waals surface area contributed by atoms with Gasteiger partial charge >= 0.3 is 0 Å². The highest BCUT2D eigenvalue weighted by Crippen LogP contribution is 2.32. The number of fused-ring (bicyclic) bond motifs is 1. The van der Waals surface area contributed by atoms with Crippen molar-refractivity contribution in [2.24, 2.45) is 0 Å². The van der Waals surface area contributed by atoms with Crippen LogP contribution in [0.2, 0.25) is 0 Å². The number of aromatic nitrogens is 4. The maximum absolute atomic E-state index is 13.1. The molecule has 192 valence electrons. The third-order valence-corrected chi connectivity index (χ3v) is 6.71. The fraction of sp³-hybridized carbons (Fsp3) is 0.400. The van der Waals surface area contributed by atoms with Gasteiger partial charge in [0.05, 0.1) is 12.9 Å². The molecular formula is C25H27N7O5. The number of hydrogen-bond acceptors (Lipinski definition) is 9. The average molecular weight is 506 g/mol. The van der Waals surface area contributed by atoms with Gasteiger partial charge < -0.3 is 30.9 Å². The summed E-state index contributed by atoms with van der Waals surface area (Å²) in [5.41, 5.74) is 7.18. The zero-order valence-electron chi connectivity index (χ0n) is 20.1. The van der Waals surface area contributed by atoms with Gasteiger partial charge in [-0.15, -0.1) is 0 Å². The monoisotopic (exact) mass is 505 g/mol. The van der Waals surface area contributed by atoms with Crippen LogP contribution < -0.4 is 11.1 Å². The quantitative estimate of drug-likeness (QED) is 0.344. The van der Waals surface area contributed by atoms with E-state index in [0.29, 0.717) is 5.56 Å². The molecule has 2 fully saturated rings. The van der Waals surface area contributed by atoms with Crippen molar-refractivity contribution in [2.75, 3.05) is 19.3 Å². The number of likely N-dealkylation sites (N-methyl/N-ethyl adjacent to an activating group) is 1. The van der Waals surface area contributed by atoms with E-state index in [2.05, 4.69) is 32.1 Å². The summed E-state index contributed by atoms with van der Waals surface area (Å²) in [4.78, 5) is 39.7. The Bertz CT molecular complexity index is 1380. The molecule has 12 nitrogen and oxygen atoms in total. The Hall–Kier alpha value is -4.05. The van der Waals surface area contributed by atoms with Gasteiger partial charge in [0.2, 0.25) is 5.82 Å². The number of hydrogen-bond donors (Lipinski definition) is 4. The van der Waals surface area contributed by atoms with Gasteiger partial charge in [0.25, 0.3) is 11.8 Å². The Balaban J connectivity index is 1.40. The lowest BCUT2D eigenvalue weighted by Gasteiger charge is -2.36. The van der Waals surface area contributed by atoms with Gasteiger partial charge in [0.1, 0.15) is 17.7 Å². The number of aliphatic hydroxyl groups is 2. The minimum absolute atomic E-state index is 0.0696. The van der Waals surface area contributed by atoms with Gasteiger partial charge in [-0.25, -0.2) is 15.0 Å². The normalized spacial score (nSPS) is 23.2. The van der Waals surface area contributed by atoms with E-state index < -0.39 is 30.4 Å². The third-order valence-electron chi connectivity index (χ3n) is 6.71. The molecule has 0 bridgehead atoms. The topological polar surface area (TPSA) is 169 Å². The van der Waals surface area contributed by atoms with Gasteiger partial charge in [-0.1, -0.05) is 24.1 Å². The fourth-order valence-corrected chi connectivity index (χ4v) is 4.44. The number of nitrogen functional groups attached to an aromatic ring is 1. The molecule has 1 saturated carbocycles. The van der Waals surface area contributed by atoms with Crippen LogP contribution in [0.4, 0.5) is 5.82 Å². The van der Waals surface area contributed by atoms with E-state index in [-0.39, 0.29) is 41.3 Å². The largest absolute Gasteiger partial charge is 0.387 e. The van der Waals surface area contributed by atoms with Crippen LogP contribution in [0.5, 0.6) is 0 Å². The van der Waals surface area contributed by atoms with E-state index in [0.717, 1.165) is 19.3 Å². The lowest BCUT2D eigenvalue weighted by Crippen LogP contribution is -2.44. The van der Waals surface area contributed by atoms with Crippen molar-refractivity contribution in [3.05, 3.63) is 48.0 Å². The van der Waals surface area contributed by atoms with Crippen molar-refractivity contribution in [3.63, 3.8) is 0 Å². The number of nitrogens with one attached hydrogen (secondary N) is 1. The van der Waals surface area contributed by atoms with E-state index in [4.69, 9.17) is 10.5 Å². The second-order valence-corrected chi connectivity index (χ2v) is 8.98. The highest BCUT2D eigenvalue weighted by Gasteiger charge is 2.47. The van der Waals surface area contributed by atoms with Gasteiger partial charge in [-0.05, 0) is 37.3 Å². The summed E-state index contributed by atoms with van der Waals surface area (Å²) < 4.78 is 7.01. The highest BCUT2D eigenvalue weighted by atomic mass is 16.6. The molecule has 37 heavy (non-hydrogen) atoms. The smallest absolute Gasteiger partial charge is 0.254 e. The Labute approximate surface area is 212 Å². The first-order chi connectivity index (χ1) is 17.9. The van der Waals surface area contributed by atoms with Crippen LogP contribution in [0, 0.1) is 11.8 Å². The fourth-order valence-electron chi connectivity index (χ4n) is 4.44. The second kappa shape index (κ2) is 10.1. The third kappa shape index (κ3) is 4.60. The first-order valence-corrected chi connectivity index (χ1v) is 12.0. The van der Waals surface area contributed by atoms with Crippen molar-refractivity contribution in [1.29, 1.82) is 0 Å². The summed E-state index contributed by atoms with van der Waals surface area (Å²) in [5.74, 6) is 5.39. The molecule has 3 heterocycles. The number of anilines is 1. The summed E-state index contributed by atoms with van der Waals surface area (Å²) in [6.45, 7) is 0.198. The molecular weight excluding hydrogens is 478 g/mol. The molecule has 1 aliphatic heterocycles. The second-order valence-electron chi connectivity index (χ2n) is 8.98. The molecule has 0 radical (unpaired) electrons. The number of benzene rings is 1. The van der Waals surface area contributed by atoms with Gasteiger partial charge in [-0.2, -0.15) is 0 Å². The van der Waals surface area contributed by atoms with E-state index in [9.17, 15) is 19.8 Å². The van der Waals surface area contributed by atoms with E-state index in [1.165, 1.54) is 17.9 Å². The molecule has 2 unspecified atom stereocenters. The number of nitrogens with zero attached hydrogens (tertiary/aromatic N) is 5. The zero-order chi connectivity index (χ0) is 26.1. The molecule has 1 aromatic carbocycles. The predicted octanol–water partition coefficient (Wildman–Crippen LogP) is -0.180. The summed E-state index contributed by atoms with van der Waals surface area (Å²) in [6.07, 6.45) is -0.970. The standard InChI is InChI=1S/C25H27N7O5/c1-27-23(35)20-18(33)19(34)25(37-20)32-13-28-17-21(26)29-16(30-22(17)32)11-6-12-31(15-9-5-10-15)24(36)14-7-3-2-4-8-14/h2-4,7-8,13,15,18-20,25,33-34H,5,9-10,12H2,1H3,(H,27,35)(H2,26,29,30)/t18-,19+,20?,25?/m0/s1. The Morgan fingerprint density at radius 2 is 1.97 bits per heavy atom. The van der Waals surface area contributed by atoms with Gasteiger partial charge in [0, 0.05) is 18.7 Å². The maximum Gasteiger partial charge on any atom is 0.254 e. The molecule has 2 aliphatic rings. The molecule has 1 aliphatic carbocycles. The summed E-state index contributed by atoms with van der Waals surface area (Å²) in [5, 5.41) is 23.2. The number of carbonyl (C=O) groups excluding carboxylic acids is 2. The molecule has 0 spiro atoms. The van der Waals surface area contributed by atoms with E-state index in [1.54, 1.807) is 17.0 Å². The van der Waals surface area contributed by atoms with E-state index in [1.807, 2.05) is 18.2 Å². The first-order valence-electron chi connectivity index (χ1n) is 12.0. The van der Waals surface area contributed by atoms with Crippen molar-refractivity contribution >= 4 is 28.8 Å². The van der Waals surface area contributed by atoms with Crippen LogP contribution in [0.1, 0.15) is 41.7 Å². The lowest BCUT2D eigenvalue weighted by atomic mass is 9.91. The van der Waals surface area contributed by atoms with Gasteiger partial charge in [-0.3, -0.25) is 14.2 Å². The van der Waals surface area contributed by atoms with Crippen molar-refractivity contribution < 1.29 is 24.5 Å². The number of rotatable bonds is 5. The molecule has 4 atom stereocenters.